The maximum atomic E-state index is 14.4. The summed E-state index contributed by atoms with van der Waals surface area (Å²) in [4.78, 5) is 13.5. The molecule has 1 aromatic carbocycles. The van der Waals surface area contributed by atoms with Gasteiger partial charge in [0.25, 0.3) is 0 Å². The molecule has 2 aliphatic rings. The van der Waals surface area contributed by atoms with Crippen LogP contribution in [0.15, 0.2) is 42.9 Å². The Hall–Kier alpha value is -2.98. The van der Waals surface area contributed by atoms with Gasteiger partial charge in [-0.05, 0) is 24.3 Å². The van der Waals surface area contributed by atoms with Crippen LogP contribution in [0.4, 0.5) is 20.6 Å². The molecule has 0 unspecified atom stereocenters. The van der Waals surface area contributed by atoms with Gasteiger partial charge in [0.05, 0.1) is 37.2 Å². The zero-order valence-electron chi connectivity index (χ0n) is 13.1. The molecule has 1 N–H and O–H groups in total. The zero-order chi connectivity index (χ0) is 17.4. The Kier molecular flexibility index (Phi) is 3.82. The first-order chi connectivity index (χ1) is 12.1. The minimum Gasteiger partial charge on any atom is -0.442 e. The van der Waals surface area contributed by atoms with Crippen LogP contribution >= 0.6 is 0 Å². The number of halogens is 1. The number of benzene rings is 1. The average molecular weight is 346 g/mol. The molecule has 0 saturated carbocycles. The first-order valence-corrected chi connectivity index (χ1v) is 7.66. The van der Waals surface area contributed by atoms with E-state index in [0.717, 1.165) is 5.17 Å². The summed E-state index contributed by atoms with van der Waals surface area (Å²) in [6.45, 7) is 0.942. The van der Waals surface area contributed by atoms with Crippen LogP contribution in [-0.2, 0) is 11.3 Å². The fraction of sp³-hybridized carbons (Fsp3) is 0.267. The highest BCUT2D eigenvalue weighted by Crippen LogP contribution is 2.29. The van der Waals surface area contributed by atoms with E-state index in [1.54, 1.807) is 35.4 Å². The van der Waals surface area contributed by atoms with Crippen LogP contribution in [0, 0.1) is 5.82 Å². The van der Waals surface area contributed by atoms with Gasteiger partial charge in [0.2, 0.25) is 0 Å². The topological polar surface area (TPSA) is 87.0 Å². The molecule has 1 saturated heterocycles. The zero-order valence-corrected chi connectivity index (χ0v) is 13.1. The Morgan fingerprint density at radius 3 is 2.96 bits per heavy atom. The lowest BCUT2D eigenvalue weighted by atomic mass is 10.2. The molecule has 2 aromatic rings. The number of hydrogen-bond acceptors (Lipinski definition) is 7. The molecule has 0 spiro atoms. The largest absolute Gasteiger partial charge is 0.442 e. The predicted octanol–water partition coefficient (Wildman–Crippen LogP) is 1.38. The van der Waals surface area contributed by atoms with Gasteiger partial charge in [-0.3, -0.25) is 15.1 Å². The first-order valence-electron chi connectivity index (χ1n) is 7.66. The quantitative estimate of drug-likeness (QED) is 0.895. The van der Waals surface area contributed by atoms with Crippen molar-refractivity contribution < 1.29 is 19.1 Å². The molecule has 10 heteroatoms. The van der Waals surface area contributed by atoms with Gasteiger partial charge in [0.1, 0.15) is 11.9 Å². The van der Waals surface area contributed by atoms with Crippen molar-refractivity contribution in [3.63, 3.8) is 0 Å². The van der Waals surface area contributed by atoms with Crippen molar-refractivity contribution in [1.29, 1.82) is 0 Å². The van der Waals surface area contributed by atoms with Crippen molar-refractivity contribution in [3.8, 4) is 0 Å². The van der Waals surface area contributed by atoms with E-state index < -0.39 is 18.0 Å². The molecule has 1 fully saturated rings. The van der Waals surface area contributed by atoms with E-state index in [9.17, 15) is 14.4 Å². The van der Waals surface area contributed by atoms with E-state index in [4.69, 9.17) is 4.74 Å². The summed E-state index contributed by atoms with van der Waals surface area (Å²) < 4.78 is 21.3. The normalized spacial score (nSPS) is 20.6. The molecular formula is C15H15FN6O3. The van der Waals surface area contributed by atoms with Crippen molar-refractivity contribution >= 4 is 17.5 Å². The standard InChI is InChI=1S/C15H15FN6O3/c16-13-8-11(2-3-14(13)21-5-1-6-22(21)24)20-10-12(25-15(20)23)9-19-7-4-17-18-19/h1-5,7-8,12,24H,6,9-10H2/t12-/m0/s1. The number of aromatic nitrogens is 3. The van der Waals surface area contributed by atoms with Gasteiger partial charge in [-0.2, -0.15) is 0 Å². The lowest BCUT2D eigenvalue weighted by Gasteiger charge is -2.24. The van der Waals surface area contributed by atoms with Crippen LogP contribution in [0.25, 0.3) is 0 Å². The summed E-state index contributed by atoms with van der Waals surface area (Å²) >= 11 is 0. The molecule has 3 heterocycles. The summed E-state index contributed by atoms with van der Waals surface area (Å²) in [6.07, 6.45) is 5.54. The molecule has 2 aliphatic heterocycles. The van der Waals surface area contributed by atoms with Crippen LogP contribution in [-0.4, -0.2) is 50.7 Å². The number of amides is 1. The number of cyclic esters (lactones) is 1. The lowest BCUT2D eigenvalue weighted by Crippen LogP contribution is -2.32. The number of hydroxylamine groups is 1. The Morgan fingerprint density at radius 1 is 1.40 bits per heavy atom. The number of carbonyl (C=O) groups is 1. The molecule has 0 aliphatic carbocycles. The molecular weight excluding hydrogens is 331 g/mol. The number of rotatable bonds is 4. The van der Waals surface area contributed by atoms with E-state index in [0.29, 0.717) is 12.2 Å². The maximum absolute atomic E-state index is 14.4. The molecule has 25 heavy (non-hydrogen) atoms. The minimum atomic E-state index is -0.560. The Bertz CT molecular complexity index is 812. The van der Waals surface area contributed by atoms with Gasteiger partial charge in [-0.1, -0.05) is 10.4 Å². The van der Waals surface area contributed by atoms with Gasteiger partial charge in [0, 0.05) is 12.4 Å². The van der Waals surface area contributed by atoms with Crippen molar-refractivity contribution in [3.05, 3.63) is 48.7 Å². The van der Waals surface area contributed by atoms with E-state index in [2.05, 4.69) is 10.3 Å². The third kappa shape index (κ3) is 2.92. The molecule has 1 atom stereocenters. The van der Waals surface area contributed by atoms with E-state index in [1.165, 1.54) is 22.0 Å². The van der Waals surface area contributed by atoms with Crippen LogP contribution in [0.1, 0.15) is 0 Å². The molecule has 1 amide bonds. The maximum Gasteiger partial charge on any atom is 0.414 e. The Morgan fingerprint density at radius 2 is 2.28 bits per heavy atom. The van der Waals surface area contributed by atoms with Crippen molar-refractivity contribution in [2.24, 2.45) is 0 Å². The van der Waals surface area contributed by atoms with Crippen LogP contribution < -0.4 is 9.91 Å². The monoisotopic (exact) mass is 346 g/mol. The molecule has 1 aromatic heterocycles. The lowest BCUT2D eigenvalue weighted by molar-refractivity contribution is -0.0754. The molecule has 0 radical (unpaired) electrons. The first kappa shape index (κ1) is 15.5. The highest BCUT2D eigenvalue weighted by Gasteiger charge is 2.33. The van der Waals surface area contributed by atoms with Gasteiger partial charge in [-0.25, -0.2) is 13.9 Å². The number of hydrogen-bond donors (Lipinski definition) is 1. The van der Waals surface area contributed by atoms with E-state index >= 15 is 0 Å². The number of carbonyl (C=O) groups excluding carboxylic acids is 1. The third-order valence-corrected chi connectivity index (χ3v) is 3.99. The highest BCUT2D eigenvalue weighted by atomic mass is 19.1. The Labute approximate surface area is 142 Å². The molecule has 9 nitrogen and oxygen atoms in total. The van der Waals surface area contributed by atoms with Gasteiger partial charge >= 0.3 is 6.09 Å². The smallest absolute Gasteiger partial charge is 0.414 e. The summed E-state index contributed by atoms with van der Waals surface area (Å²) in [5.74, 6) is -0.560. The molecule has 4 rings (SSSR count). The van der Waals surface area contributed by atoms with E-state index in [-0.39, 0.29) is 18.8 Å². The number of anilines is 2. The number of hydrazine groups is 1. The van der Waals surface area contributed by atoms with Gasteiger partial charge < -0.3 is 4.74 Å². The summed E-state index contributed by atoms with van der Waals surface area (Å²) in [7, 11) is 0. The fourth-order valence-electron chi connectivity index (χ4n) is 2.83. The predicted molar refractivity (Wildman–Crippen MR) is 84.1 cm³/mol. The minimum absolute atomic E-state index is 0.187. The van der Waals surface area contributed by atoms with Gasteiger partial charge in [0.15, 0.2) is 0 Å². The van der Waals surface area contributed by atoms with Gasteiger partial charge in [-0.15, -0.1) is 5.10 Å². The summed E-state index contributed by atoms with van der Waals surface area (Å²) in [5.41, 5.74) is 0.576. The average Bonchev–Trinajstić information content (AvgIpc) is 3.30. The van der Waals surface area contributed by atoms with Crippen molar-refractivity contribution in [2.45, 2.75) is 12.6 Å². The third-order valence-electron chi connectivity index (χ3n) is 3.99. The second-order valence-corrected chi connectivity index (χ2v) is 5.66. The number of ether oxygens (including phenoxy) is 1. The number of nitrogens with zero attached hydrogens (tertiary/aromatic N) is 6. The highest BCUT2D eigenvalue weighted by molar-refractivity contribution is 5.90. The summed E-state index contributed by atoms with van der Waals surface area (Å²) in [6, 6.07) is 4.35. The second-order valence-electron chi connectivity index (χ2n) is 5.66. The van der Waals surface area contributed by atoms with Crippen molar-refractivity contribution in [1.82, 2.24) is 20.2 Å². The molecule has 130 valence electrons. The van der Waals surface area contributed by atoms with Crippen LogP contribution in [0.2, 0.25) is 0 Å². The van der Waals surface area contributed by atoms with Crippen molar-refractivity contribution in [2.75, 3.05) is 23.0 Å². The van der Waals surface area contributed by atoms with E-state index in [1.807, 2.05) is 0 Å². The summed E-state index contributed by atoms with van der Waals surface area (Å²) in [5, 5.41) is 19.4. The fourth-order valence-corrected chi connectivity index (χ4v) is 2.83. The van der Waals surface area contributed by atoms with Crippen LogP contribution in [0.5, 0.6) is 0 Å². The second kappa shape index (κ2) is 6.15. The SMILES string of the molecule is O=C1O[C@@H](Cn2ccnn2)CN1c1ccc(N2C=CCN2O)c(F)c1. The molecule has 0 bridgehead atoms. The Balaban J connectivity index is 1.51. The van der Waals surface area contributed by atoms with Crippen LogP contribution in [0.3, 0.4) is 0 Å².